The van der Waals surface area contributed by atoms with Gasteiger partial charge < -0.3 is 19.7 Å². The highest BCUT2D eigenvalue weighted by Crippen LogP contribution is 2.30. The largest absolute Gasteiger partial charge is 0.493 e. The summed E-state index contributed by atoms with van der Waals surface area (Å²) in [6.45, 7) is 5.54. The average Bonchev–Trinajstić information content (AvgIpc) is 2.72. The summed E-state index contributed by atoms with van der Waals surface area (Å²) in [4.78, 5) is 0. The van der Waals surface area contributed by atoms with Crippen molar-refractivity contribution in [2.24, 2.45) is 0 Å². The molecule has 0 aromatic heterocycles. The van der Waals surface area contributed by atoms with Crippen LogP contribution in [0.1, 0.15) is 102 Å². The summed E-state index contributed by atoms with van der Waals surface area (Å²) < 4.78 is 11.8. The highest BCUT2D eigenvalue weighted by atomic mass is 16.5. The van der Waals surface area contributed by atoms with E-state index in [4.69, 9.17) is 9.47 Å². The molecule has 1 aromatic carbocycles. The first-order valence-corrected chi connectivity index (χ1v) is 11.4. The molecule has 162 valence electrons. The molecule has 0 bridgehead atoms. The molecular formula is C24H42O4. The van der Waals surface area contributed by atoms with Crippen LogP contribution in [0.25, 0.3) is 0 Å². The van der Waals surface area contributed by atoms with E-state index in [-0.39, 0.29) is 13.2 Å². The maximum Gasteiger partial charge on any atom is 0.125 e. The monoisotopic (exact) mass is 394 g/mol. The molecule has 0 heterocycles. The number of benzene rings is 1. The third kappa shape index (κ3) is 10.3. The van der Waals surface area contributed by atoms with Gasteiger partial charge in [0.15, 0.2) is 0 Å². The Morgan fingerprint density at radius 2 is 0.929 bits per heavy atom. The van der Waals surface area contributed by atoms with E-state index in [2.05, 4.69) is 13.8 Å². The van der Waals surface area contributed by atoms with Crippen LogP contribution in [0.15, 0.2) is 12.1 Å². The Labute approximate surface area is 172 Å². The Hall–Kier alpha value is -1.26. The van der Waals surface area contributed by atoms with Crippen molar-refractivity contribution in [2.45, 2.75) is 104 Å². The van der Waals surface area contributed by atoms with Gasteiger partial charge in [-0.1, -0.05) is 78.1 Å². The average molecular weight is 395 g/mol. The number of unbranched alkanes of at least 4 members (excludes halogenated alkanes) is 10. The zero-order chi connectivity index (χ0) is 20.5. The van der Waals surface area contributed by atoms with E-state index in [9.17, 15) is 10.2 Å². The van der Waals surface area contributed by atoms with Crippen LogP contribution in [0.4, 0.5) is 0 Å². The lowest BCUT2D eigenvalue weighted by Gasteiger charge is -2.16. The minimum atomic E-state index is -0.0923. The van der Waals surface area contributed by atoms with Gasteiger partial charge in [0.1, 0.15) is 11.5 Å². The van der Waals surface area contributed by atoms with Gasteiger partial charge >= 0.3 is 0 Å². The topological polar surface area (TPSA) is 58.9 Å². The molecule has 0 amide bonds. The summed E-state index contributed by atoms with van der Waals surface area (Å²) in [5.41, 5.74) is 1.45. The normalized spacial score (nSPS) is 11.0. The van der Waals surface area contributed by atoms with Crippen molar-refractivity contribution in [3.05, 3.63) is 23.3 Å². The van der Waals surface area contributed by atoms with Gasteiger partial charge in [-0.25, -0.2) is 0 Å². The van der Waals surface area contributed by atoms with Crippen molar-refractivity contribution in [1.29, 1.82) is 0 Å². The Kier molecular flexibility index (Phi) is 14.8. The number of hydrogen-bond acceptors (Lipinski definition) is 4. The van der Waals surface area contributed by atoms with Gasteiger partial charge in [0, 0.05) is 11.1 Å². The van der Waals surface area contributed by atoms with Gasteiger partial charge in [-0.2, -0.15) is 0 Å². The van der Waals surface area contributed by atoms with E-state index in [1.165, 1.54) is 64.2 Å². The van der Waals surface area contributed by atoms with Gasteiger partial charge in [-0.05, 0) is 25.0 Å². The molecule has 4 nitrogen and oxygen atoms in total. The highest BCUT2D eigenvalue weighted by molar-refractivity contribution is 5.46. The fourth-order valence-electron chi connectivity index (χ4n) is 3.29. The molecular weight excluding hydrogens is 352 g/mol. The Bertz CT molecular complexity index is 456. The first kappa shape index (κ1) is 24.8. The van der Waals surface area contributed by atoms with Crippen LogP contribution in [0.5, 0.6) is 11.5 Å². The molecule has 0 atom stereocenters. The second-order valence-electron chi connectivity index (χ2n) is 7.62. The van der Waals surface area contributed by atoms with Gasteiger partial charge in [0.25, 0.3) is 0 Å². The van der Waals surface area contributed by atoms with E-state index in [0.29, 0.717) is 24.7 Å². The van der Waals surface area contributed by atoms with Crippen molar-refractivity contribution < 1.29 is 19.7 Å². The summed E-state index contributed by atoms with van der Waals surface area (Å²) in [5.74, 6) is 1.32. The number of hydrogen-bond donors (Lipinski definition) is 2. The lowest BCUT2D eigenvalue weighted by Crippen LogP contribution is -2.05. The Morgan fingerprint density at radius 1 is 0.571 bits per heavy atom. The van der Waals surface area contributed by atoms with Crippen LogP contribution in [0.3, 0.4) is 0 Å². The van der Waals surface area contributed by atoms with E-state index in [1.807, 2.05) is 12.1 Å². The van der Waals surface area contributed by atoms with Gasteiger partial charge in [-0.15, -0.1) is 0 Å². The van der Waals surface area contributed by atoms with Crippen LogP contribution in [-0.2, 0) is 13.2 Å². The molecule has 0 saturated carbocycles. The number of aliphatic hydroxyl groups excluding tert-OH is 2. The summed E-state index contributed by atoms with van der Waals surface area (Å²) in [5, 5.41) is 19.4. The van der Waals surface area contributed by atoms with Crippen molar-refractivity contribution >= 4 is 0 Å². The van der Waals surface area contributed by atoms with E-state index < -0.39 is 0 Å². The molecule has 0 saturated heterocycles. The standard InChI is InChI=1S/C24H42O4/c1-3-5-7-9-11-13-15-27-23-17-22(20-26)24(18-21(23)19-25)28-16-14-12-10-8-6-4-2/h17-18,25-26H,3-16,19-20H2,1-2H3. The smallest absolute Gasteiger partial charge is 0.125 e. The highest BCUT2D eigenvalue weighted by Gasteiger charge is 2.11. The zero-order valence-electron chi connectivity index (χ0n) is 18.2. The van der Waals surface area contributed by atoms with Gasteiger partial charge in [-0.3, -0.25) is 0 Å². The predicted octanol–water partition coefficient (Wildman–Crippen LogP) is 6.15. The minimum absolute atomic E-state index is 0.0923. The van der Waals surface area contributed by atoms with Crippen molar-refractivity contribution in [2.75, 3.05) is 13.2 Å². The molecule has 28 heavy (non-hydrogen) atoms. The van der Waals surface area contributed by atoms with Crippen LogP contribution in [0.2, 0.25) is 0 Å². The van der Waals surface area contributed by atoms with Crippen LogP contribution in [0, 0.1) is 0 Å². The fourth-order valence-corrected chi connectivity index (χ4v) is 3.29. The molecule has 0 aliphatic heterocycles. The second-order valence-corrected chi connectivity index (χ2v) is 7.62. The molecule has 2 N–H and O–H groups in total. The summed E-state index contributed by atoms with van der Waals surface area (Å²) in [7, 11) is 0. The number of ether oxygens (including phenoxy) is 2. The lowest BCUT2D eigenvalue weighted by atomic mass is 10.1. The SMILES string of the molecule is CCCCCCCCOc1cc(CO)c(OCCCCCCCC)cc1CO. The Balaban J connectivity index is 2.46. The third-order valence-corrected chi connectivity index (χ3v) is 5.10. The first-order chi connectivity index (χ1) is 13.8. The predicted molar refractivity (Wildman–Crippen MR) is 116 cm³/mol. The van der Waals surface area contributed by atoms with E-state index in [1.54, 1.807) is 0 Å². The van der Waals surface area contributed by atoms with Gasteiger partial charge in [0.05, 0.1) is 26.4 Å². The van der Waals surface area contributed by atoms with Crippen LogP contribution >= 0.6 is 0 Å². The number of aliphatic hydroxyl groups is 2. The molecule has 4 heteroatoms. The molecule has 1 aromatic rings. The molecule has 0 unspecified atom stereocenters. The molecule has 1 rings (SSSR count). The maximum atomic E-state index is 9.70. The molecule has 0 radical (unpaired) electrons. The maximum absolute atomic E-state index is 9.70. The zero-order valence-corrected chi connectivity index (χ0v) is 18.2. The lowest BCUT2D eigenvalue weighted by molar-refractivity contribution is 0.246. The summed E-state index contributed by atoms with van der Waals surface area (Å²) in [6.07, 6.45) is 14.6. The van der Waals surface area contributed by atoms with Crippen LogP contribution < -0.4 is 9.47 Å². The third-order valence-electron chi connectivity index (χ3n) is 5.10. The van der Waals surface area contributed by atoms with Crippen molar-refractivity contribution in [3.8, 4) is 11.5 Å². The summed E-state index contributed by atoms with van der Waals surface area (Å²) in [6, 6.07) is 3.64. The fraction of sp³-hybridized carbons (Fsp3) is 0.750. The first-order valence-electron chi connectivity index (χ1n) is 11.4. The number of rotatable bonds is 18. The van der Waals surface area contributed by atoms with Crippen LogP contribution in [-0.4, -0.2) is 23.4 Å². The molecule has 0 spiro atoms. The Morgan fingerprint density at radius 3 is 1.29 bits per heavy atom. The second kappa shape index (κ2) is 16.7. The molecule has 0 aliphatic rings. The van der Waals surface area contributed by atoms with E-state index in [0.717, 1.165) is 24.0 Å². The molecule has 0 aliphatic carbocycles. The molecule has 0 fully saturated rings. The van der Waals surface area contributed by atoms with Crippen molar-refractivity contribution in [3.63, 3.8) is 0 Å². The quantitative estimate of drug-likeness (QED) is 0.293. The van der Waals surface area contributed by atoms with E-state index >= 15 is 0 Å². The minimum Gasteiger partial charge on any atom is -0.493 e. The van der Waals surface area contributed by atoms with Crippen molar-refractivity contribution in [1.82, 2.24) is 0 Å². The van der Waals surface area contributed by atoms with Gasteiger partial charge in [0.2, 0.25) is 0 Å². The summed E-state index contributed by atoms with van der Waals surface area (Å²) >= 11 is 0.